The highest BCUT2D eigenvalue weighted by Crippen LogP contribution is 2.11. The van der Waals surface area contributed by atoms with Crippen LogP contribution in [0.15, 0.2) is 42.5 Å². The van der Waals surface area contributed by atoms with Crippen LogP contribution in [0.4, 0.5) is 8.78 Å². The van der Waals surface area contributed by atoms with Gasteiger partial charge in [-0.15, -0.1) is 0 Å². The molecule has 0 atom stereocenters. The van der Waals surface area contributed by atoms with E-state index in [0.29, 0.717) is 11.1 Å². The maximum Gasteiger partial charge on any atom is 0.248 e. The smallest absolute Gasteiger partial charge is 0.248 e. The Labute approximate surface area is 115 Å². The first-order valence-electron chi connectivity index (χ1n) is 6.10. The van der Waals surface area contributed by atoms with E-state index in [1.54, 1.807) is 18.2 Å². The molecule has 0 aliphatic rings. The van der Waals surface area contributed by atoms with Gasteiger partial charge in [-0.2, -0.15) is 0 Å². The second-order valence-corrected chi connectivity index (χ2v) is 4.37. The van der Waals surface area contributed by atoms with E-state index in [-0.39, 0.29) is 24.5 Å². The maximum absolute atomic E-state index is 13.6. The van der Waals surface area contributed by atoms with Crippen LogP contribution in [0, 0.1) is 11.6 Å². The van der Waals surface area contributed by atoms with Gasteiger partial charge in [0.25, 0.3) is 0 Å². The number of benzene rings is 2. The predicted octanol–water partition coefficient (Wildman–Crippen LogP) is 2.35. The Morgan fingerprint density at radius 3 is 2.35 bits per heavy atom. The summed E-state index contributed by atoms with van der Waals surface area (Å²) in [5.74, 6) is -1.36. The third-order valence-electron chi connectivity index (χ3n) is 2.92. The minimum absolute atomic E-state index is 0.182. The van der Waals surface area contributed by atoms with Gasteiger partial charge < -0.3 is 11.1 Å². The molecule has 20 heavy (non-hydrogen) atoms. The average Bonchev–Trinajstić information content (AvgIpc) is 2.42. The normalized spacial score (nSPS) is 10.5. The zero-order valence-electron chi connectivity index (χ0n) is 10.7. The molecule has 2 aromatic rings. The SMILES string of the molecule is NC(=O)c1ccc(F)c(CNCc2ccccc2F)c1. The second-order valence-electron chi connectivity index (χ2n) is 4.37. The minimum atomic E-state index is -0.611. The van der Waals surface area contributed by atoms with E-state index in [2.05, 4.69) is 5.32 Å². The Morgan fingerprint density at radius 2 is 1.65 bits per heavy atom. The van der Waals surface area contributed by atoms with Crippen LogP contribution in [0.1, 0.15) is 21.5 Å². The third-order valence-corrected chi connectivity index (χ3v) is 2.92. The predicted molar refractivity (Wildman–Crippen MR) is 71.9 cm³/mol. The van der Waals surface area contributed by atoms with Crippen molar-refractivity contribution in [2.45, 2.75) is 13.1 Å². The van der Waals surface area contributed by atoms with E-state index < -0.39 is 11.7 Å². The van der Waals surface area contributed by atoms with Crippen molar-refractivity contribution in [3.05, 3.63) is 70.8 Å². The first-order chi connectivity index (χ1) is 9.58. The van der Waals surface area contributed by atoms with E-state index >= 15 is 0 Å². The van der Waals surface area contributed by atoms with Gasteiger partial charge in [0.05, 0.1) is 0 Å². The van der Waals surface area contributed by atoms with Crippen LogP contribution >= 0.6 is 0 Å². The molecular formula is C15H14F2N2O. The number of amides is 1. The Balaban J connectivity index is 2.02. The molecule has 0 radical (unpaired) electrons. The first-order valence-corrected chi connectivity index (χ1v) is 6.10. The highest BCUT2D eigenvalue weighted by Gasteiger charge is 2.07. The van der Waals surface area contributed by atoms with E-state index in [0.717, 1.165) is 0 Å². The molecule has 0 bridgehead atoms. The second kappa shape index (κ2) is 6.25. The van der Waals surface area contributed by atoms with Crippen molar-refractivity contribution < 1.29 is 13.6 Å². The summed E-state index contributed by atoms with van der Waals surface area (Å²) in [4.78, 5) is 11.0. The number of hydrogen-bond donors (Lipinski definition) is 2. The lowest BCUT2D eigenvalue weighted by Gasteiger charge is -2.08. The molecule has 0 fully saturated rings. The van der Waals surface area contributed by atoms with E-state index in [1.807, 2.05) is 0 Å². The van der Waals surface area contributed by atoms with Crippen LogP contribution in [0.5, 0.6) is 0 Å². The molecule has 3 N–H and O–H groups in total. The van der Waals surface area contributed by atoms with Gasteiger partial charge in [-0.1, -0.05) is 18.2 Å². The van der Waals surface area contributed by atoms with Crippen molar-refractivity contribution in [2.24, 2.45) is 5.73 Å². The Morgan fingerprint density at radius 1 is 1.00 bits per heavy atom. The van der Waals surface area contributed by atoms with Gasteiger partial charge in [0.2, 0.25) is 5.91 Å². The summed E-state index contributed by atoms with van der Waals surface area (Å²) >= 11 is 0. The molecule has 3 nitrogen and oxygen atoms in total. The largest absolute Gasteiger partial charge is 0.366 e. The number of nitrogens with one attached hydrogen (secondary N) is 1. The highest BCUT2D eigenvalue weighted by atomic mass is 19.1. The highest BCUT2D eigenvalue weighted by molar-refractivity contribution is 5.92. The van der Waals surface area contributed by atoms with Crippen LogP contribution in [0.25, 0.3) is 0 Å². The van der Waals surface area contributed by atoms with Gasteiger partial charge >= 0.3 is 0 Å². The summed E-state index contributed by atoms with van der Waals surface area (Å²) in [7, 11) is 0. The number of primary amides is 1. The van der Waals surface area contributed by atoms with Crippen molar-refractivity contribution in [1.82, 2.24) is 5.32 Å². The Kier molecular flexibility index (Phi) is 4.42. The first kappa shape index (κ1) is 14.1. The van der Waals surface area contributed by atoms with E-state index in [9.17, 15) is 13.6 Å². The Bertz CT molecular complexity index is 629. The minimum Gasteiger partial charge on any atom is -0.366 e. The van der Waals surface area contributed by atoms with Gasteiger partial charge in [0.15, 0.2) is 0 Å². The molecule has 2 rings (SSSR count). The monoisotopic (exact) mass is 276 g/mol. The number of carbonyl (C=O) groups excluding carboxylic acids is 1. The fourth-order valence-corrected chi connectivity index (χ4v) is 1.84. The number of nitrogens with two attached hydrogens (primary N) is 1. The molecule has 1 amide bonds. The maximum atomic E-state index is 13.6. The Hall–Kier alpha value is -2.27. The summed E-state index contributed by atoms with van der Waals surface area (Å²) in [6.07, 6.45) is 0. The van der Waals surface area contributed by atoms with Gasteiger partial charge in [0, 0.05) is 29.8 Å². The number of rotatable bonds is 5. The molecule has 2 aromatic carbocycles. The average molecular weight is 276 g/mol. The standard InChI is InChI=1S/C15H14F2N2O/c16-13-4-2-1-3-11(13)8-19-9-12-7-10(15(18)20)5-6-14(12)17/h1-7,19H,8-9H2,(H2,18,20). The number of hydrogen-bond acceptors (Lipinski definition) is 2. The molecular weight excluding hydrogens is 262 g/mol. The van der Waals surface area contributed by atoms with Gasteiger partial charge in [-0.05, 0) is 24.3 Å². The van der Waals surface area contributed by atoms with Crippen LogP contribution in [-0.2, 0) is 13.1 Å². The van der Waals surface area contributed by atoms with E-state index in [4.69, 9.17) is 5.73 Å². The van der Waals surface area contributed by atoms with Crippen molar-refractivity contribution in [1.29, 1.82) is 0 Å². The fourth-order valence-electron chi connectivity index (χ4n) is 1.84. The molecule has 104 valence electrons. The van der Waals surface area contributed by atoms with E-state index in [1.165, 1.54) is 24.3 Å². The van der Waals surface area contributed by atoms with Crippen LogP contribution in [-0.4, -0.2) is 5.91 Å². The number of halogens is 2. The summed E-state index contributed by atoms with van der Waals surface area (Å²) in [5, 5.41) is 2.93. The fraction of sp³-hybridized carbons (Fsp3) is 0.133. The molecule has 0 unspecified atom stereocenters. The third kappa shape index (κ3) is 3.39. The molecule has 0 saturated heterocycles. The van der Waals surface area contributed by atoms with Crippen LogP contribution < -0.4 is 11.1 Å². The molecule has 0 spiro atoms. The lowest BCUT2D eigenvalue weighted by atomic mass is 10.1. The van der Waals surface area contributed by atoms with Crippen molar-refractivity contribution in [3.63, 3.8) is 0 Å². The summed E-state index contributed by atoms with van der Waals surface area (Å²) in [5.41, 5.74) is 6.20. The molecule has 0 aliphatic carbocycles. The van der Waals surface area contributed by atoms with Gasteiger partial charge in [-0.3, -0.25) is 4.79 Å². The van der Waals surface area contributed by atoms with Crippen LogP contribution in [0.2, 0.25) is 0 Å². The molecule has 5 heteroatoms. The van der Waals surface area contributed by atoms with Crippen molar-refractivity contribution in [3.8, 4) is 0 Å². The van der Waals surface area contributed by atoms with Crippen LogP contribution in [0.3, 0.4) is 0 Å². The molecule has 0 saturated carbocycles. The summed E-state index contributed by atoms with van der Waals surface area (Å²) in [6.45, 7) is 0.453. The van der Waals surface area contributed by atoms with Crippen molar-refractivity contribution in [2.75, 3.05) is 0 Å². The zero-order valence-corrected chi connectivity index (χ0v) is 10.7. The quantitative estimate of drug-likeness (QED) is 0.880. The lowest BCUT2D eigenvalue weighted by molar-refractivity contribution is 0.1000. The topological polar surface area (TPSA) is 55.1 Å². The molecule has 0 heterocycles. The lowest BCUT2D eigenvalue weighted by Crippen LogP contribution is -2.16. The summed E-state index contributed by atoms with van der Waals surface area (Å²) < 4.78 is 27.0. The summed E-state index contributed by atoms with van der Waals surface area (Å²) in [6, 6.07) is 10.3. The van der Waals surface area contributed by atoms with Gasteiger partial charge in [-0.25, -0.2) is 8.78 Å². The van der Waals surface area contributed by atoms with Gasteiger partial charge in [0.1, 0.15) is 11.6 Å². The molecule has 0 aromatic heterocycles. The zero-order chi connectivity index (χ0) is 14.5. The van der Waals surface area contributed by atoms with Crippen molar-refractivity contribution >= 4 is 5.91 Å². The number of carbonyl (C=O) groups is 1. The molecule has 0 aliphatic heterocycles.